The first kappa shape index (κ1) is 11.4. The Bertz CT molecular complexity index is 433. The zero-order valence-corrected chi connectivity index (χ0v) is 9.80. The molecule has 0 radical (unpaired) electrons. The zero-order valence-electron chi connectivity index (χ0n) is 8.98. The molecule has 16 heavy (non-hydrogen) atoms. The summed E-state index contributed by atoms with van der Waals surface area (Å²) in [6.45, 7) is 0.830. The molecule has 2 aliphatic rings. The topological polar surface area (TPSA) is 46.3 Å². The lowest BCUT2D eigenvalue weighted by atomic mass is 9.90. The summed E-state index contributed by atoms with van der Waals surface area (Å²) in [5.74, 6) is 0.0923. The van der Waals surface area contributed by atoms with Crippen LogP contribution in [0.1, 0.15) is 17.5 Å². The fraction of sp³-hybridized carbons (Fsp3) is 0.417. The van der Waals surface area contributed by atoms with Crippen molar-refractivity contribution in [1.29, 1.82) is 0 Å². The van der Waals surface area contributed by atoms with Gasteiger partial charge in [-0.3, -0.25) is 4.79 Å². The van der Waals surface area contributed by atoms with Gasteiger partial charge in [-0.15, -0.1) is 12.4 Å². The minimum atomic E-state index is -0.342. The van der Waals surface area contributed by atoms with Gasteiger partial charge in [-0.1, -0.05) is 18.2 Å². The van der Waals surface area contributed by atoms with E-state index in [1.165, 1.54) is 11.1 Å². The summed E-state index contributed by atoms with van der Waals surface area (Å²) in [7, 11) is 0. The monoisotopic (exact) mass is 238 g/mol. The standard InChI is InChI=1S/C12H14N2O.ClH/c13-10-7-9-4-1-3-8-5-2-6-14(11(8)9)12(10)15;/h1,3-4,10H,2,5-7,13H2;1H. The lowest BCUT2D eigenvalue weighted by Gasteiger charge is -2.37. The highest BCUT2D eigenvalue weighted by atomic mass is 35.5. The molecule has 2 heterocycles. The number of hydrogen-bond donors (Lipinski definition) is 1. The second-order valence-electron chi connectivity index (χ2n) is 4.33. The molecule has 1 aromatic rings. The molecule has 3 nitrogen and oxygen atoms in total. The molecule has 0 aromatic heterocycles. The number of nitrogens with two attached hydrogens (primary N) is 1. The van der Waals surface area contributed by atoms with Crippen molar-refractivity contribution in [3.63, 3.8) is 0 Å². The van der Waals surface area contributed by atoms with Crippen LogP contribution in [-0.4, -0.2) is 18.5 Å². The Morgan fingerprint density at radius 1 is 1.31 bits per heavy atom. The molecule has 3 rings (SSSR count). The van der Waals surface area contributed by atoms with Gasteiger partial charge < -0.3 is 10.6 Å². The molecule has 1 amide bonds. The van der Waals surface area contributed by atoms with E-state index in [1.54, 1.807) is 0 Å². The maximum Gasteiger partial charge on any atom is 0.244 e. The Morgan fingerprint density at radius 3 is 2.88 bits per heavy atom. The highest BCUT2D eigenvalue weighted by Crippen LogP contribution is 2.34. The SMILES string of the molecule is Cl.NC1Cc2cccc3c2N(CCC3)C1=O. The number of amides is 1. The van der Waals surface area contributed by atoms with E-state index in [4.69, 9.17) is 5.73 Å². The van der Waals surface area contributed by atoms with Gasteiger partial charge in [0.1, 0.15) is 0 Å². The van der Waals surface area contributed by atoms with E-state index in [9.17, 15) is 4.79 Å². The number of anilines is 1. The second kappa shape index (κ2) is 4.07. The normalized spacial score (nSPS) is 22.4. The van der Waals surface area contributed by atoms with Gasteiger partial charge >= 0.3 is 0 Å². The van der Waals surface area contributed by atoms with Crippen LogP contribution in [0.15, 0.2) is 18.2 Å². The Balaban J connectivity index is 0.000000963. The second-order valence-corrected chi connectivity index (χ2v) is 4.33. The van der Waals surface area contributed by atoms with Gasteiger partial charge in [0.25, 0.3) is 0 Å². The summed E-state index contributed by atoms with van der Waals surface area (Å²) in [6, 6.07) is 5.93. The summed E-state index contributed by atoms with van der Waals surface area (Å²) >= 11 is 0. The molecule has 2 N–H and O–H groups in total. The molecule has 0 spiro atoms. The highest BCUT2D eigenvalue weighted by molar-refractivity contribution is 6.01. The van der Waals surface area contributed by atoms with Gasteiger partial charge in [-0.25, -0.2) is 0 Å². The van der Waals surface area contributed by atoms with Crippen LogP contribution >= 0.6 is 12.4 Å². The van der Waals surface area contributed by atoms with Crippen molar-refractivity contribution in [3.05, 3.63) is 29.3 Å². The van der Waals surface area contributed by atoms with Gasteiger partial charge in [0.2, 0.25) is 5.91 Å². The quantitative estimate of drug-likeness (QED) is 0.740. The Morgan fingerprint density at radius 2 is 2.06 bits per heavy atom. The Labute approximate surface area is 101 Å². The molecule has 0 bridgehead atoms. The van der Waals surface area contributed by atoms with Crippen LogP contribution in [0.4, 0.5) is 5.69 Å². The lowest BCUT2D eigenvalue weighted by molar-refractivity contribution is -0.120. The smallest absolute Gasteiger partial charge is 0.244 e. The van der Waals surface area contributed by atoms with Gasteiger partial charge in [-0.2, -0.15) is 0 Å². The molecule has 0 aliphatic carbocycles. The molecule has 0 saturated carbocycles. The lowest BCUT2D eigenvalue weighted by Crippen LogP contribution is -2.50. The number of benzene rings is 1. The number of halogens is 1. The van der Waals surface area contributed by atoms with E-state index in [2.05, 4.69) is 18.2 Å². The minimum absolute atomic E-state index is 0. The molecule has 86 valence electrons. The molecule has 2 aliphatic heterocycles. The van der Waals surface area contributed by atoms with Crippen LogP contribution in [0.2, 0.25) is 0 Å². The highest BCUT2D eigenvalue weighted by Gasteiger charge is 2.33. The van der Waals surface area contributed by atoms with Gasteiger partial charge in [0, 0.05) is 6.54 Å². The molecule has 4 heteroatoms. The van der Waals surface area contributed by atoms with Crippen molar-refractivity contribution in [1.82, 2.24) is 0 Å². The van der Waals surface area contributed by atoms with Crippen LogP contribution in [0.3, 0.4) is 0 Å². The van der Waals surface area contributed by atoms with Gasteiger partial charge in [0.05, 0.1) is 11.7 Å². The van der Waals surface area contributed by atoms with E-state index in [1.807, 2.05) is 4.90 Å². The van der Waals surface area contributed by atoms with Crippen LogP contribution in [0.5, 0.6) is 0 Å². The third-order valence-corrected chi connectivity index (χ3v) is 3.32. The van der Waals surface area contributed by atoms with Crippen molar-refractivity contribution in [3.8, 4) is 0 Å². The summed E-state index contributed by atoms with van der Waals surface area (Å²) in [5, 5.41) is 0. The zero-order chi connectivity index (χ0) is 10.4. The molecular formula is C12H15ClN2O. The number of aryl methyl sites for hydroxylation is 1. The van der Waals surface area contributed by atoms with E-state index in [0.29, 0.717) is 6.42 Å². The summed E-state index contributed by atoms with van der Waals surface area (Å²) in [4.78, 5) is 13.8. The van der Waals surface area contributed by atoms with Crippen molar-refractivity contribution in [2.45, 2.75) is 25.3 Å². The molecule has 0 fully saturated rings. The minimum Gasteiger partial charge on any atom is -0.320 e. The van der Waals surface area contributed by atoms with Crippen LogP contribution in [0, 0.1) is 0 Å². The predicted octanol–water partition coefficient (Wildman–Crippen LogP) is 1.27. The van der Waals surface area contributed by atoms with Crippen molar-refractivity contribution in [2.24, 2.45) is 5.73 Å². The van der Waals surface area contributed by atoms with E-state index in [0.717, 1.165) is 25.1 Å². The number of para-hydroxylation sites is 1. The van der Waals surface area contributed by atoms with Crippen LogP contribution < -0.4 is 10.6 Å². The van der Waals surface area contributed by atoms with E-state index >= 15 is 0 Å². The molecule has 0 saturated heterocycles. The predicted molar refractivity (Wildman–Crippen MR) is 66.0 cm³/mol. The van der Waals surface area contributed by atoms with E-state index in [-0.39, 0.29) is 24.4 Å². The van der Waals surface area contributed by atoms with Crippen LogP contribution in [0.25, 0.3) is 0 Å². The third kappa shape index (κ3) is 1.51. The number of nitrogens with zero attached hydrogens (tertiary/aromatic N) is 1. The molecule has 1 unspecified atom stereocenters. The first-order chi connectivity index (χ1) is 7.27. The Kier molecular flexibility index (Phi) is 2.91. The molecular weight excluding hydrogens is 224 g/mol. The fourth-order valence-corrected chi connectivity index (χ4v) is 2.64. The summed E-state index contributed by atoms with van der Waals surface area (Å²) < 4.78 is 0. The fourth-order valence-electron chi connectivity index (χ4n) is 2.64. The number of rotatable bonds is 0. The van der Waals surface area contributed by atoms with Crippen molar-refractivity contribution >= 4 is 24.0 Å². The van der Waals surface area contributed by atoms with Crippen molar-refractivity contribution < 1.29 is 4.79 Å². The average Bonchev–Trinajstić information content (AvgIpc) is 2.26. The maximum absolute atomic E-state index is 11.9. The van der Waals surface area contributed by atoms with Gasteiger partial charge in [-0.05, 0) is 30.4 Å². The number of carbonyl (C=O) groups is 1. The maximum atomic E-state index is 11.9. The van der Waals surface area contributed by atoms with Crippen LogP contribution in [-0.2, 0) is 17.6 Å². The molecule has 1 atom stereocenters. The molecule has 1 aromatic carbocycles. The summed E-state index contributed by atoms with van der Waals surface area (Å²) in [6.07, 6.45) is 2.83. The Hall–Kier alpha value is -1.06. The largest absolute Gasteiger partial charge is 0.320 e. The van der Waals surface area contributed by atoms with Gasteiger partial charge in [0.15, 0.2) is 0 Å². The average molecular weight is 239 g/mol. The van der Waals surface area contributed by atoms with E-state index < -0.39 is 0 Å². The number of hydrogen-bond acceptors (Lipinski definition) is 2. The van der Waals surface area contributed by atoms with Crippen molar-refractivity contribution in [2.75, 3.05) is 11.4 Å². The first-order valence-electron chi connectivity index (χ1n) is 5.45. The third-order valence-electron chi connectivity index (χ3n) is 3.32. The summed E-state index contributed by atoms with van der Waals surface area (Å²) in [5.41, 5.74) is 9.53. The number of carbonyl (C=O) groups excluding carboxylic acids is 1. The first-order valence-corrected chi connectivity index (χ1v) is 5.45.